The fourth-order valence-electron chi connectivity index (χ4n) is 1.95. The molecule has 0 radical (unpaired) electrons. The summed E-state index contributed by atoms with van der Waals surface area (Å²) in [4.78, 5) is 11.7. The number of ether oxygens (including phenoxy) is 2. The maximum Gasteiger partial charge on any atom is 0.306 e. The monoisotopic (exact) mass is 288 g/mol. The molecule has 0 bridgehead atoms. The summed E-state index contributed by atoms with van der Waals surface area (Å²) in [5.41, 5.74) is 1.74. The van der Waals surface area contributed by atoms with E-state index in [1.54, 1.807) is 19.2 Å². The Hall–Kier alpha value is -2.36. The predicted octanol–water partition coefficient (Wildman–Crippen LogP) is 3.51. The van der Waals surface area contributed by atoms with Gasteiger partial charge in [-0.3, -0.25) is 4.79 Å². The molecule has 0 amide bonds. The molecule has 0 N–H and O–H groups in total. The molecule has 2 rings (SSSR count). The number of halogens is 1. The van der Waals surface area contributed by atoms with E-state index in [1.165, 1.54) is 12.1 Å². The highest BCUT2D eigenvalue weighted by atomic mass is 19.1. The third-order valence-corrected chi connectivity index (χ3v) is 3.11. The number of methoxy groups -OCH3 is 1. The van der Waals surface area contributed by atoms with E-state index in [9.17, 15) is 9.18 Å². The first-order valence-corrected chi connectivity index (χ1v) is 6.71. The van der Waals surface area contributed by atoms with Crippen LogP contribution in [-0.2, 0) is 22.6 Å². The van der Waals surface area contributed by atoms with Crippen LogP contribution >= 0.6 is 0 Å². The van der Waals surface area contributed by atoms with E-state index in [2.05, 4.69) is 0 Å². The molecule has 0 aliphatic carbocycles. The summed E-state index contributed by atoms with van der Waals surface area (Å²) in [5, 5.41) is 0. The number of carbonyl (C=O) groups excluding carboxylic acids is 1. The molecule has 4 heteroatoms. The standard InChI is InChI=1S/C17H17FO3/c1-20-16-5-3-2-4-14(16)12-21-17(19)11-8-13-6-9-15(18)10-7-13/h2-7,9-10H,8,11-12H2,1H3. The van der Waals surface area contributed by atoms with E-state index in [0.717, 1.165) is 11.1 Å². The van der Waals surface area contributed by atoms with Gasteiger partial charge in [-0.25, -0.2) is 4.39 Å². The van der Waals surface area contributed by atoms with Crippen LogP contribution in [-0.4, -0.2) is 13.1 Å². The predicted molar refractivity (Wildman–Crippen MR) is 77.5 cm³/mol. The molecule has 0 heterocycles. The first kappa shape index (κ1) is 15.0. The van der Waals surface area contributed by atoms with Crippen LogP contribution in [0.2, 0.25) is 0 Å². The van der Waals surface area contributed by atoms with Crippen molar-refractivity contribution in [2.24, 2.45) is 0 Å². The van der Waals surface area contributed by atoms with Gasteiger partial charge >= 0.3 is 5.97 Å². The first-order valence-electron chi connectivity index (χ1n) is 6.71. The molecule has 0 atom stereocenters. The number of hydrogen-bond donors (Lipinski definition) is 0. The molecule has 0 unspecified atom stereocenters. The molecule has 110 valence electrons. The molecule has 2 aromatic rings. The van der Waals surface area contributed by atoms with Gasteiger partial charge in [0.15, 0.2) is 0 Å². The third kappa shape index (κ3) is 4.60. The van der Waals surface area contributed by atoms with Crippen molar-refractivity contribution in [2.45, 2.75) is 19.4 Å². The van der Waals surface area contributed by atoms with Crippen LogP contribution in [0.1, 0.15) is 17.5 Å². The van der Waals surface area contributed by atoms with Crippen LogP contribution in [0.15, 0.2) is 48.5 Å². The van der Waals surface area contributed by atoms with Crippen LogP contribution in [0.25, 0.3) is 0 Å². The van der Waals surface area contributed by atoms with Crippen molar-refractivity contribution < 1.29 is 18.7 Å². The fraction of sp³-hybridized carbons (Fsp3) is 0.235. The van der Waals surface area contributed by atoms with Gasteiger partial charge in [0.25, 0.3) is 0 Å². The van der Waals surface area contributed by atoms with E-state index >= 15 is 0 Å². The number of esters is 1. The molecule has 21 heavy (non-hydrogen) atoms. The molecule has 0 fully saturated rings. The highest BCUT2D eigenvalue weighted by molar-refractivity contribution is 5.69. The lowest BCUT2D eigenvalue weighted by Gasteiger charge is -2.09. The number of benzene rings is 2. The first-order chi connectivity index (χ1) is 10.2. The van der Waals surface area contributed by atoms with Gasteiger partial charge in [-0.05, 0) is 30.2 Å². The Labute approximate surface area is 123 Å². The van der Waals surface area contributed by atoms with E-state index in [1.807, 2.05) is 24.3 Å². The zero-order chi connectivity index (χ0) is 15.1. The lowest BCUT2D eigenvalue weighted by atomic mass is 10.1. The molecule has 0 aliphatic heterocycles. The third-order valence-electron chi connectivity index (χ3n) is 3.11. The second-order valence-corrected chi connectivity index (χ2v) is 4.60. The van der Waals surface area contributed by atoms with Crippen molar-refractivity contribution in [3.05, 3.63) is 65.5 Å². The minimum atomic E-state index is -0.287. The van der Waals surface area contributed by atoms with E-state index in [0.29, 0.717) is 12.2 Å². The van der Waals surface area contributed by atoms with Crippen molar-refractivity contribution >= 4 is 5.97 Å². The smallest absolute Gasteiger partial charge is 0.306 e. The van der Waals surface area contributed by atoms with Crippen LogP contribution in [0.5, 0.6) is 5.75 Å². The normalized spacial score (nSPS) is 10.2. The van der Waals surface area contributed by atoms with E-state index in [-0.39, 0.29) is 24.8 Å². The number of aryl methyl sites for hydroxylation is 1. The van der Waals surface area contributed by atoms with Gasteiger partial charge in [0.2, 0.25) is 0 Å². The number of hydrogen-bond acceptors (Lipinski definition) is 3. The van der Waals surface area contributed by atoms with Gasteiger partial charge in [0, 0.05) is 12.0 Å². The van der Waals surface area contributed by atoms with Gasteiger partial charge in [0.1, 0.15) is 18.2 Å². The Balaban J connectivity index is 1.81. The number of para-hydroxylation sites is 1. The molecular formula is C17H17FO3. The molecule has 0 saturated heterocycles. The fourth-order valence-corrected chi connectivity index (χ4v) is 1.95. The minimum absolute atomic E-state index is 0.187. The maximum atomic E-state index is 12.8. The average molecular weight is 288 g/mol. The Bertz CT molecular complexity index is 593. The largest absolute Gasteiger partial charge is 0.496 e. The summed E-state index contributed by atoms with van der Waals surface area (Å²) < 4.78 is 23.2. The number of carbonyl (C=O) groups is 1. The summed E-state index contributed by atoms with van der Waals surface area (Å²) in [6.45, 7) is 0.187. The number of rotatable bonds is 6. The Morgan fingerprint density at radius 2 is 1.81 bits per heavy atom. The molecule has 0 spiro atoms. The maximum absolute atomic E-state index is 12.8. The lowest BCUT2D eigenvalue weighted by Crippen LogP contribution is -2.06. The molecule has 2 aromatic carbocycles. The van der Waals surface area contributed by atoms with Crippen LogP contribution in [0.4, 0.5) is 4.39 Å². The minimum Gasteiger partial charge on any atom is -0.496 e. The summed E-state index contributed by atoms with van der Waals surface area (Å²) in [6, 6.07) is 13.5. The second kappa shape index (κ2) is 7.43. The summed E-state index contributed by atoms with van der Waals surface area (Å²) in [6.07, 6.45) is 0.797. The van der Waals surface area contributed by atoms with Crippen LogP contribution < -0.4 is 4.74 Å². The second-order valence-electron chi connectivity index (χ2n) is 4.60. The zero-order valence-corrected chi connectivity index (χ0v) is 11.8. The van der Waals surface area contributed by atoms with Gasteiger partial charge < -0.3 is 9.47 Å². The van der Waals surface area contributed by atoms with Gasteiger partial charge in [-0.15, -0.1) is 0 Å². The van der Waals surface area contributed by atoms with E-state index < -0.39 is 0 Å². The summed E-state index contributed by atoms with van der Waals surface area (Å²) in [5.74, 6) is 0.131. The lowest BCUT2D eigenvalue weighted by molar-refractivity contribution is -0.144. The van der Waals surface area contributed by atoms with Gasteiger partial charge in [-0.2, -0.15) is 0 Å². The van der Waals surface area contributed by atoms with Crippen molar-refractivity contribution in [2.75, 3.05) is 7.11 Å². The molecule has 3 nitrogen and oxygen atoms in total. The molecular weight excluding hydrogens is 271 g/mol. The van der Waals surface area contributed by atoms with Crippen molar-refractivity contribution in [3.63, 3.8) is 0 Å². The Morgan fingerprint density at radius 1 is 1.10 bits per heavy atom. The summed E-state index contributed by atoms with van der Waals surface area (Å²) >= 11 is 0. The molecule has 0 saturated carbocycles. The van der Waals surface area contributed by atoms with Gasteiger partial charge in [-0.1, -0.05) is 30.3 Å². The Morgan fingerprint density at radius 3 is 2.52 bits per heavy atom. The van der Waals surface area contributed by atoms with Crippen molar-refractivity contribution in [1.82, 2.24) is 0 Å². The molecule has 0 aromatic heterocycles. The SMILES string of the molecule is COc1ccccc1COC(=O)CCc1ccc(F)cc1. The average Bonchev–Trinajstić information content (AvgIpc) is 2.52. The Kier molecular flexibility index (Phi) is 5.32. The van der Waals surface area contributed by atoms with Crippen molar-refractivity contribution in [3.8, 4) is 5.75 Å². The van der Waals surface area contributed by atoms with E-state index in [4.69, 9.17) is 9.47 Å². The quantitative estimate of drug-likeness (QED) is 0.763. The highest BCUT2D eigenvalue weighted by Gasteiger charge is 2.07. The molecule has 0 aliphatic rings. The topological polar surface area (TPSA) is 35.5 Å². The summed E-state index contributed by atoms with van der Waals surface area (Å²) in [7, 11) is 1.58. The highest BCUT2D eigenvalue weighted by Crippen LogP contribution is 2.18. The van der Waals surface area contributed by atoms with Crippen molar-refractivity contribution in [1.29, 1.82) is 0 Å². The zero-order valence-electron chi connectivity index (χ0n) is 11.8. The van der Waals surface area contributed by atoms with Crippen LogP contribution in [0, 0.1) is 5.82 Å². The van der Waals surface area contributed by atoms with Crippen LogP contribution in [0.3, 0.4) is 0 Å². The van der Waals surface area contributed by atoms with Gasteiger partial charge in [0.05, 0.1) is 7.11 Å².